The fourth-order valence-electron chi connectivity index (χ4n) is 8.92. The van der Waals surface area contributed by atoms with Crippen LogP contribution in [0.2, 0.25) is 0 Å². The molecule has 4 bridgehead atoms. The van der Waals surface area contributed by atoms with Gasteiger partial charge in [-0.1, -0.05) is 55.8 Å². The molecule has 2 aromatic heterocycles. The van der Waals surface area contributed by atoms with Crippen LogP contribution in [0.3, 0.4) is 0 Å². The van der Waals surface area contributed by atoms with Crippen molar-refractivity contribution in [2.75, 3.05) is 0 Å². The second-order valence-electron chi connectivity index (χ2n) is 13.2. The van der Waals surface area contributed by atoms with Crippen LogP contribution >= 0.6 is 0 Å². The zero-order valence-corrected chi connectivity index (χ0v) is 24.4. The van der Waals surface area contributed by atoms with Crippen LogP contribution in [0.15, 0.2) is 64.8 Å². The van der Waals surface area contributed by atoms with Gasteiger partial charge in [-0.25, -0.2) is 9.94 Å². The van der Waals surface area contributed by atoms with Crippen LogP contribution in [0.5, 0.6) is 0 Å². The number of benzene rings is 2. The number of amides is 1. The van der Waals surface area contributed by atoms with Gasteiger partial charge in [0.15, 0.2) is 0 Å². The van der Waals surface area contributed by atoms with Crippen LogP contribution in [-0.4, -0.2) is 41.5 Å². The number of carbonyl (C=O) groups excluding carboxylic acids is 1. The molecule has 1 aliphatic heterocycles. The smallest absolute Gasteiger partial charge is 0.259 e. The molecule has 4 fully saturated rings. The van der Waals surface area contributed by atoms with Crippen molar-refractivity contribution in [3.8, 4) is 11.1 Å². The highest BCUT2D eigenvalue weighted by Gasteiger charge is 2.56. The average Bonchev–Trinajstić information content (AvgIpc) is 3.65. The maximum atomic E-state index is 14.7. The molecule has 1 amide bonds. The van der Waals surface area contributed by atoms with Crippen LogP contribution in [-0.2, 0) is 17.6 Å². The van der Waals surface area contributed by atoms with Gasteiger partial charge in [0, 0.05) is 23.6 Å². The van der Waals surface area contributed by atoms with Gasteiger partial charge < -0.3 is 5.11 Å². The molecule has 9 nitrogen and oxygen atoms in total. The first kappa shape index (κ1) is 26.5. The Morgan fingerprint density at radius 1 is 1.02 bits per heavy atom. The van der Waals surface area contributed by atoms with Crippen LogP contribution in [0.25, 0.3) is 16.9 Å². The van der Waals surface area contributed by atoms with Crippen LogP contribution in [0, 0.1) is 17.8 Å². The molecule has 5 aliphatic rings. The van der Waals surface area contributed by atoms with Gasteiger partial charge in [0.2, 0.25) is 11.7 Å². The zero-order valence-electron chi connectivity index (χ0n) is 24.4. The van der Waals surface area contributed by atoms with Crippen molar-refractivity contribution >= 4 is 17.4 Å². The normalized spacial score (nSPS) is 27.6. The Bertz CT molecular complexity index is 1820. The summed E-state index contributed by atoms with van der Waals surface area (Å²) >= 11 is 0. The summed E-state index contributed by atoms with van der Waals surface area (Å²) < 4.78 is 3.84. The minimum atomic E-state index is -0.582. The van der Waals surface area contributed by atoms with E-state index in [0.29, 0.717) is 30.2 Å². The quantitative estimate of drug-likeness (QED) is 0.338. The molecule has 9 heteroatoms. The van der Waals surface area contributed by atoms with Gasteiger partial charge >= 0.3 is 0 Å². The van der Waals surface area contributed by atoms with Crippen molar-refractivity contribution in [2.24, 2.45) is 22.9 Å². The lowest BCUT2D eigenvalue weighted by Gasteiger charge is -2.58. The number of fused-ring (bicyclic) bond motifs is 1. The predicted octanol–water partition coefficient (Wildman–Crippen LogP) is 4.44. The number of hydrazone groups is 1. The first-order chi connectivity index (χ1) is 20.9. The molecule has 0 saturated heterocycles. The van der Waals surface area contributed by atoms with Gasteiger partial charge in [0.1, 0.15) is 6.33 Å². The summed E-state index contributed by atoms with van der Waals surface area (Å²) in [7, 11) is 0. The molecule has 9 rings (SSSR count). The zero-order chi connectivity index (χ0) is 29.3. The van der Waals surface area contributed by atoms with Gasteiger partial charge in [-0.2, -0.15) is 15.2 Å². The van der Waals surface area contributed by atoms with Gasteiger partial charge in [0.25, 0.3) is 5.56 Å². The van der Waals surface area contributed by atoms with Gasteiger partial charge in [0.05, 0.1) is 23.4 Å². The van der Waals surface area contributed by atoms with E-state index in [4.69, 9.17) is 0 Å². The summed E-state index contributed by atoms with van der Waals surface area (Å²) in [5.74, 6) is 1.57. The Morgan fingerprint density at radius 2 is 1.81 bits per heavy atom. The number of carbonyl (C=O) groups is 1. The van der Waals surface area contributed by atoms with Crippen molar-refractivity contribution in [2.45, 2.75) is 76.4 Å². The largest absolute Gasteiger partial charge is 0.390 e. The Kier molecular flexibility index (Phi) is 6.15. The number of hydrogen-bond donors (Lipinski definition) is 2. The molecule has 0 spiro atoms. The number of nitrogens with one attached hydrogen (secondary N) is 1. The van der Waals surface area contributed by atoms with Crippen LogP contribution < -0.4 is 11.0 Å². The lowest BCUT2D eigenvalue weighted by molar-refractivity contribution is -0.147. The highest BCUT2D eigenvalue weighted by Crippen LogP contribution is 2.59. The molecule has 0 radical (unpaired) electrons. The van der Waals surface area contributed by atoms with Crippen molar-refractivity contribution in [3.63, 3.8) is 0 Å². The van der Waals surface area contributed by atoms with E-state index in [-0.39, 0.29) is 35.8 Å². The summed E-state index contributed by atoms with van der Waals surface area (Å²) in [6.45, 7) is 2.12. The molecular formula is C34H36N6O3. The number of aromatic nitrogens is 4. The molecule has 4 saturated carbocycles. The van der Waals surface area contributed by atoms with Crippen LogP contribution in [0.4, 0.5) is 0 Å². The minimum absolute atomic E-state index is 0.0113. The molecule has 4 aliphatic carbocycles. The molecule has 3 heterocycles. The molecule has 2 aromatic carbocycles. The standard InChI is InChI=1S/C34H36N6O3/c1-2-6-29-27(14-20-9-10-25(22-7-4-3-5-8-22)26(13-20)28-15-30(41)38-37-28)32(42)39(33-35-19-36-40(29)33)31-23-11-21-12-24(31)18-34(43,16-21)17-23/h3-5,7-10,13,19,21,23-24,31,43H,2,6,11-12,14-18H2,1H3,(H,38,41). The molecule has 2 atom stereocenters. The molecule has 2 N–H and O–H groups in total. The monoisotopic (exact) mass is 576 g/mol. The molecule has 220 valence electrons. The summed E-state index contributed by atoms with van der Waals surface area (Å²) in [4.78, 5) is 31.5. The fourth-order valence-corrected chi connectivity index (χ4v) is 8.92. The van der Waals surface area contributed by atoms with E-state index in [0.717, 1.165) is 72.0 Å². The SMILES string of the molecule is CCCc1c(Cc2ccc(-c3ccccc3)c(C3=NNC(=O)C3)c2)c(=O)n(C2C3CC4CC2CC(O)(C4)C3)c2ncnn12. The van der Waals surface area contributed by atoms with E-state index in [1.807, 2.05) is 27.3 Å². The van der Waals surface area contributed by atoms with Crippen molar-refractivity contribution in [3.05, 3.63) is 87.6 Å². The van der Waals surface area contributed by atoms with E-state index in [9.17, 15) is 14.7 Å². The molecular weight excluding hydrogens is 540 g/mol. The van der Waals surface area contributed by atoms with Gasteiger partial charge in [-0.05, 0) is 79.0 Å². The summed E-state index contributed by atoms with van der Waals surface area (Å²) in [6, 6.07) is 16.4. The van der Waals surface area contributed by atoms with E-state index in [2.05, 4.69) is 57.9 Å². The number of rotatable bonds is 7. The fraction of sp³-hybridized carbons (Fsp3) is 0.441. The van der Waals surface area contributed by atoms with E-state index in [1.54, 1.807) is 6.33 Å². The number of aryl methyl sites for hydroxylation is 1. The third-order valence-electron chi connectivity index (χ3n) is 10.3. The third-order valence-corrected chi connectivity index (χ3v) is 10.3. The first-order valence-corrected chi connectivity index (χ1v) is 15.6. The Labute approximate surface area is 249 Å². The van der Waals surface area contributed by atoms with E-state index >= 15 is 0 Å². The number of aliphatic hydroxyl groups is 1. The molecule has 4 aromatic rings. The molecule has 2 unspecified atom stereocenters. The summed E-state index contributed by atoms with van der Waals surface area (Å²) in [5, 5.41) is 20.2. The van der Waals surface area contributed by atoms with Crippen molar-refractivity contribution in [1.29, 1.82) is 0 Å². The van der Waals surface area contributed by atoms with E-state index in [1.165, 1.54) is 0 Å². The predicted molar refractivity (Wildman–Crippen MR) is 163 cm³/mol. The Hall–Kier alpha value is -4.11. The Balaban J connectivity index is 1.26. The second-order valence-corrected chi connectivity index (χ2v) is 13.2. The van der Waals surface area contributed by atoms with Gasteiger partial charge in [-0.3, -0.25) is 14.2 Å². The summed E-state index contributed by atoms with van der Waals surface area (Å²) in [5.41, 5.74) is 8.32. The minimum Gasteiger partial charge on any atom is -0.390 e. The lowest BCUT2D eigenvalue weighted by Crippen LogP contribution is -2.56. The van der Waals surface area contributed by atoms with E-state index < -0.39 is 5.60 Å². The lowest BCUT2D eigenvalue weighted by atomic mass is 9.52. The van der Waals surface area contributed by atoms with Gasteiger partial charge in [-0.15, -0.1) is 0 Å². The first-order valence-electron chi connectivity index (χ1n) is 15.6. The third kappa shape index (κ3) is 4.35. The highest BCUT2D eigenvalue weighted by molar-refractivity contribution is 6.16. The number of nitrogens with zero attached hydrogens (tertiary/aromatic N) is 5. The van der Waals surface area contributed by atoms with Crippen molar-refractivity contribution in [1.82, 2.24) is 24.6 Å². The number of hydrogen-bond acceptors (Lipinski definition) is 6. The molecule has 43 heavy (non-hydrogen) atoms. The Morgan fingerprint density at radius 3 is 2.51 bits per heavy atom. The maximum absolute atomic E-state index is 14.7. The topological polar surface area (TPSA) is 114 Å². The van der Waals surface area contributed by atoms with Crippen molar-refractivity contribution < 1.29 is 9.90 Å². The van der Waals surface area contributed by atoms with Crippen LogP contribution in [0.1, 0.15) is 80.3 Å². The average molecular weight is 577 g/mol. The summed E-state index contributed by atoms with van der Waals surface area (Å²) in [6.07, 6.45) is 8.33. The maximum Gasteiger partial charge on any atom is 0.259 e. The second kappa shape index (κ2) is 9.98. The highest BCUT2D eigenvalue weighted by atomic mass is 16.3.